The van der Waals surface area contributed by atoms with Crippen LogP contribution in [0.2, 0.25) is 0 Å². The molecule has 104 valence electrons. The van der Waals surface area contributed by atoms with E-state index < -0.39 is 0 Å². The Hall–Kier alpha value is -0.940. The molecule has 19 heavy (non-hydrogen) atoms. The second-order valence-corrected chi connectivity index (χ2v) is 6.13. The molecule has 0 radical (unpaired) electrons. The van der Waals surface area contributed by atoms with Crippen molar-refractivity contribution >= 4 is 21.8 Å². The number of halogens is 2. The van der Waals surface area contributed by atoms with Gasteiger partial charge in [-0.2, -0.15) is 0 Å². The maximum atomic E-state index is 13.5. The summed E-state index contributed by atoms with van der Waals surface area (Å²) in [5.41, 5.74) is 6.35. The van der Waals surface area contributed by atoms with Gasteiger partial charge in [0.25, 0.3) is 0 Å². The molecular weight excluding hydrogens is 311 g/mol. The fourth-order valence-electron chi connectivity index (χ4n) is 1.99. The molecule has 0 aliphatic heterocycles. The smallest absolute Gasteiger partial charge is 0.220 e. The third-order valence-electron chi connectivity index (χ3n) is 3.68. The van der Waals surface area contributed by atoms with Crippen molar-refractivity contribution in [2.45, 2.75) is 25.7 Å². The number of nitrogens with one attached hydrogen (secondary N) is 1. The van der Waals surface area contributed by atoms with Gasteiger partial charge in [0, 0.05) is 17.4 Å². The van der Waals surface area contributed by atoms with Gasteiger partial charge in [-0.25, -0.2) is 4.39 Å². The zero-order chi connectivity index (χ0) is 13.9. The van der Waals surface area contributed by atoms with E-state index in [2.05, 4.69) is 21.2 Å². The van der Waals surface area contributed by atoms with E-state index in [0.29, 0.717) is 31.5 Å². The van der Waals surface area contributed by atoms with E-state index >= 15 is 0 Å². The van der Waals surface area contributed by atoms with Crippen LogP contribution < -0.4 is 11.1 Å². The molecule has 1 aliphatic carbocycles. The lowest BCUT2D eigenvalue weighted by molar-refractivity contribution is -0.121. The van der Waals surface area contributed by atoms with Crippen molar-refractivity contribution in [2.24, 2.45) is 11.1 Å². The van der Waals surface area contributed by atoms with Gasteiger partial charge in [0.15, 0.2) is 0 Å². The van der Waals surface area contributed by atoms with Gasteiger partial charge in [-0.15, -0.1) is 0 Å². The van der Waals surface area contributed by atoms with Gasteiger partial charge in [-0.05, 0) is 55.0 Å². The molecule has 0 spiro atoms. The quantitative estimate of drug-likeness (QED) is 0.842. The number of rotatable bonds is 6. The van der Waals surface area contributed by atoms with Crippen LogP contribution in [0.25, 0.3) is 0 Å². The van der Waals surface area contributed by atoms with Crippen molar-refractivity contribution in [2.75, 3.05) is 13.1 Å². The molecule has 3 N–H and O–H groups in total. The molecule has 2 rings (SSSR count). The Balaban J connectivity index is 1.78. The number of carbonyl (C=O) groups excluding carboxylic acids is 1. The first-order valence-corrected chi connectivity index (χ1v) is 7.25. The minimum Gasteiger partial charge on any atom is -0.355 e. The number of carbonyl (C=O) groups is 1. The number of amides is 1. The van der Waals surface area contributed by atoms with Gasteiger partial charge in [-0.3, -0.25) is 4.79 Å². The van der Waals surface area contributed by atoms with Crippen LogP contribution in [0.4, 0.5) is 4.39 Å². The predicted molar refractivity (Wildman–Crippen MR) is 76.2 cm³/mol. The molecule has 1 fully saturated rings. The van der Waals surface area contributed by atoms with E-state index in [9.17, 15) is 9.18 Å². The van der Waals surface area contributed by atoms with Gasteiger partial charge in [0.1, 0.15) is 5.82 Å². The SMILES string of the molecule is NCC1(CNC(=O)CCc2cc(Br)ccc2F)CC1. The molecule has 3 nitrogen and oxygen atoms in total. The maximum absolute atomic E-state index is 13.5. The molecule has 0 atom stereocenters. The molecule has 1 aliphatic rings. The highest BCUT2D eigenvalue weighted by molar-refractivity contribution is 9.10. The van der Waals surface area contributed by atoms with Crippen LogP contribution in [0.1, 0.15) is 24.8 Å². The highest BCUT2D eigenvalue weighted by atomic mass is 79.9. The van der Waals surface area contributed by atoms with Crippen molar-refractivity contribution in [1.82, 2.24) is 5.32 Å². The molecule has 1 aromatic carbocycles. The summed E-state index contributed by atoms with van der Waals surface area (Å²) in [7, 11) is 0. The van der Waals surface area contributed by atoms with Crippen LogP contribution in [-0.2, 0) is 11.2 Å². The van der Waals surface area contributed by atoms with E-state index in [1.807, 2.05) is 0 Å². The summed E-state index contributed by atoms with van der Waals surface area (Å²) >= 11 is 3.30. The second-order valence-electron chi connectivity index (χ2n) is 5.22. The summed E-state index contributed by atoms with van der Waals surface area (Å²) in [6.45, 7) is 1.26. The number of hydrogen-bond donors (Lipinski definition) is 2. The van der Waals surface area contributed by atoms with Gasteiger partial charge >= 0.3 is 0 Å². The van der Waals surface area contributed by atoms with Crippen LogP contribution >= 0.6 is 15.9 Å². The van der Waals surface area contributed by atoms with Crippen molar-refractivity contribution in [3.8, 4) is 0 Å². The Kier molecular flexibility index (Phi) is 4.58. The Labute approximate surface area is 120 Å². The minimum absolute atomic E-state index is 0.0425. The molecule has 1 amide bonds. The van der Waals surface area contributed by atoms with Crippen LogP contribution in [0.3, 0.4) is 0 Å². The van der Waals surface area contributed by atoms with Crippen LogP contribution in [0, 0.1) is 11.2 Å². The highest BCUT2D eigenvalue weighted by Crippen LogP contribution is 2.43. The first kappa shape index (κ1) is 14.5. The minimum atomic E-state index is -0.267. The molecule has 0 unspecified atom stereocenters. The van der Waals surface area contributed by atoms with Crippen LogP contribution in [0.15, 0.2) is 22.7 Å². The summed E-state index contributed by atoms with van der Waals surface area (Å²) in [4.78, 5) is 11.7. The average Bonchev–Trinajstić information content (AvgIpc) is 3.18. The largest absolute Gasteiger partial charge is 0.355 e. The molecule has 0 bridgehead atoms. The standard InChI is InChI=1S/C14H18BrFN2O/c15-11-2-3-12(16)10(7-11)1-4-13(19)18-9-14(8-17)5-6-14/h2-3,7H,1,4-6,8-9,17H2,(H,18,19). The lowest BCUT2D eigenvalue weighted by atomic mass is 10.1. The maximum Gasteiger partial charge on any atom is 0.220 e. The Morgan fingerprint density at radius 1 is 1.47 bits per heavy atom. The second kappa shape index (κ2) is 6.01. The van der Waals surface area contributed by atoms with Crippen molar-refractivity contribution < 1.29 is 9.18 Å². The third kappa shape index (κ3) is 4.01. The molecule has 5 heteroatoms. The lowest BCUT2D eigenvalue weighted by Gasteiger charge is -2.13. The topological polar surface area (TPSA) is 55.1 Å². The zero-order valence-electron chi connectivity index (χ0n) is 10.7. The number of aryl methyl sites for hydroxylation is 1. The summed E-state index contributed by atoms with van der Waals surface area (Å²) in [6, 6.07) is 4.77. The fraction of sp³-hybridized carbons (Fsp3) is 0.500. The lowest BCUT2D eigenvalue weighted by Crippen LogP contribution is -2.34. The molecule has 1 saturated carbocycles. The number of benzene rings is 1. The van der Waals surface area contributed by atoms with E-state index in [1.54, 1.807) is 12.1 Å². The monoisotopic (exact) mass is 328 g/mol. The van der Waals surface area contributed by atoms with Crippen molar-refractivity contribution in [3.63, 3.8) is 0 Å². The average molecular weight is 329 g/mol. The summed E-state index contributed by atoms with van der Waals surface area (Å²) < 4.78 is 14.3. The summed E-state index contributed by atoms with van der Waals surface area (Å²) in [6.07, 6.45) is 2.88. The molecule has 0 aromatic heterocycles. The Bertz CT molecular complexity index is 475. The molecule has 0 saturated heterocycles. The van der Waals surface area contributed by atoms with Crippen LogP contribution in [0.5, 0.6) is 0 Å². The van der Waals surface area contributed by atoms with Crippen molar-refractivity contribution in [1.29, 1.82) is 0 Å². The number of hydrogen-bond acceptors (Lipinski definition) is 2. The highest BCUT2D eigenvalue weighted by Gasteiger charge is 2.41. The predicted octanol–water partition coefficient (Wildman–Crippen LogP) is 2.38. The molecular formula is C14H18BrFN2O. The summed E-state index contributed by atoms with van der Waals surface area (Å²) in [5.74, 6) is -0.310. The first-order chi connectivity index (χ1) is 9.04. The van der Waals surface area contributed by atoms with E-state index in [0.717, 1.165) is 17.3 Å². The molecule has 0 heterocycles. The normalized spacial score (nSPS) is 16.2. The number of nitrogens with two attached hydrogens (primary N) is 1. The van der Waals surface area contributed by atoms with Gasteiger partial charge < -0.3 is 11.1 Å². The molecule has 1 aromatic rings. The van der Waals surface area contributed by atoms with E-state index in [-0.39, 0.29) is 17.1 Å². The Morgan fingerprint density at radius 3 is 2.84 bits per heavy atom. The summed E-state index contributed by atoms with van der Waals surface area (Å²) in [5, 5.41) is 2.89. The van der Waals surface area contributed by atoms with Crippen LogP contribution in [-0.4, -0.2) is 19.0 Å². The van der Waals surface area contributed by atoms with Crippen molar-refractivity contribution in [3.05, 3.63) is 34.1 Å². The van der Waals surface area contributed by atoms with Gasteiger partial charge in [0.05, 0.1) is 0 Å². The van der Waals surface area contributed by atoms with E-state index in [4.69, 9.17) is 5.73 Å². The Morgan fingerprint density at radius 2 is 2.21 bits per heavy atom. The van der Waals surface area contributed by atoms with E-state index in [1.165, 1.54) is 6.07 Å². The zero-order valence-corrected chi connectivity index (χ0v) is 12.3. The third-order valence-corrected chi connectivity index (χ3v) is 4.17. The van der Waals surface area contributed by atoms with Gasteiger partial charge in [0.2, 0.25) is 5.91 Å². The van der Waals surface area contributed by atoms with Gasteiger partial charge in [-0.1, -0.05) is 15.9 Å². The first-order valence-electron chi connectivity index (χ1n) is 6.45. The fourth-order valence-corrected chi connectivity index (χ4v) is 2.40.